The van der Waals surface area contributed by atoms with Crippen LogP contribution in [0.25, 0.3) is 44.5 Å². The molecule has 0 aliphatic carbocycles. The van der Waals surface area contributed by atoms with E-state index in [1.54, 1.807) is 6.26 Å². The number of ether oxygens (including phenoxy) is 1. The van der Waals surface area contributed by atoms with E-state index in [0.29, 0.717) is 5.92 Å². The smallest absolute Gasteiger partial charge is 0.124 e. The Bertz CT molecular complexity index is 1710. The van der Waals surface area contributed by atoms with E-state index >= 15 is 0 Å². The number of nitrogens with zero attached hydrogens (tertiary/aromatic N) is 6. The van der Waals surface area contributed by atoms with E-state index in [4.69, 9.17) is 14.2 Å². The fraction of sp³-hybridized carbons (Fsp3) is 0.267. The molecule has 4 aromatic heterocycles. The molecule has 7 rings (SSSR count). The van der Waals surface area contributed by atoms with Crippen molar-refractivity contribution in [3.05, 3.63) is 84.4 Å². The quantitative estimate of drug-likeness (QED) is 0.288. The van der Waals surface area contributed by atoms with Gasteiger partial charge in [0.25, 0.3) is 0 Å². The Morgan fingerprint density at radius 2 is 1.76 bits per heavy atom. The third kappa shape index (κ3) is 3.71. The van der Waals surface area contributed by atoms with Gasteiger partial charge in [-0.3, -0.25) is 4.98 Å². The van der Waals surface area contributed by atoms with Crippen LogP contribution in [0.3, 0.4) is 0 Å². The van der Waals surface area contributed by atoms with Gasteiger partial charge < -0.3 is 13.8 Å². The largest absolute Gasteiger partial charge is 0.381 e. The van der Waals surface area contributed by atoms with Crippen LogP contribution in [0, 0.1) is 12.8 Å². The maximum atomic E-state index is 5.78. The number of hydrogen-bond donors (Lipinski definition) is 0. The number of hydrogen-bond acceptors (Lipinski definition) is 6. The van der Waals surface area contributed by atoms with Crippen molar-refractivity contribution in [2.75, 3.05) is 13.2 Å². The summed E-state index contributed by atoms with van der Waals surface area (Å²) in [6.07, 6.45) is 5.56. The van der Waals surface area contributed by atoms with Gasteiger partial charge in [-0.1, -0.05) is 46.8 Å². The van der Waals surface area contributed by atoms with Crippen molar-refractivity contribution in [1.82, 2.24) is 29.7 Å². The molecule has 5 heterocycles. The van der Waals surface area contributed by atoms with Crippen LogP contribution in [-0.4, -0.2) is 42.9 Å². The van der Waals surface area contributed by atoms with E-state index in [-0.39, 0.29) is 6.04 Å². The van der Waals surface area contributed by atoms with Crippen LogP contribution in [0.15, 0.2) is 77.6 Å². The summed E-state index contributed by atoms with van der Waals surface area (Å²) in [7, 11) is 1.92. The summed E-state index contributed by atoms with van der Waals surface area (Å²) < 4.78 is 15.3. The average molecular weight is 505 g/mol. The first-order valence-electron chi connectivity index (χ1n) is 13.0. The van der Waals surface area contributed by atoms with Crippen molar-refractivity contribution >= 4 is 21.9 Å². The van der Waals surface area contributed by atoms with Crippen LogP contribution in [0.5, 0.6) is 0 Å². The van der Waals surface area contributed by atoms with Gasteiger partial charge in [-0.25, -0.2) is 4.68 Å². The predicted molar refractivity (Wildman–Crippen MR) is 146 cm³/mol. The molecule has 190 valence electrons. The van der Waals surface area contributed by atoms with Gasteiger partial charge in [0.1, 0.15) is 12.0 Å². The minimum absolute atomic E-state index is 0.121. The molecule has 8 nitrogen and oxygen atoms in total. The highest BCUT2D eigenvalue weighted by atomic mass is 16.5. The number of fused-ring (bicyclic) bond motifs is 3. The van der Waals surface area contributed by atoms with E-state index in [9.17, 15) is 0 Å². The van der Waals surface area contributed by atoms with Gasteiger partial charge in [-0.2, -0.15) is 0 Å². The summed E-state index contributed by atoms with van der Waals surface area (Å²) in [6, 6.07) is 21.6. The van der Waals surface area contributed by atoms with E-state index in [2.05, 4.69) is 74.6 Å². The zero-order valence-corrected chi connectivity index (χ0v) is 21.4. The van der Waals surface area contributed by atoms with Crippen LogP contribution in [0.4, 0.5) is 0 Å². The Morgan fingerprint density at radius 3 is 2.50 bits per heavy atom. The third-order valence-electron chi connectivity index (χ3n) is 7.77. The molecule has 0 unspecified atom stereocenters. The van der Waals surface area contributed by atoms with Crippen molar-refractivity contribution in [3.8, 4) is 22.5 Å². The summed E-state index contributed by atoms with van der Waals surface area (Å²) in [5.41, 5.74) is 9.18. The van der Waals surface area contributed by atoms with Crippen molar-refractivity contribution in [3.63, 3.8) is 0 Å². The topological polar surface area (TPSA) is 83.8 Å². The van der Waals surface area contributed by atoms with Gasteiger partial charge in [0, 0.05) is 49.0 Å². The number of aromatic nitrogens is 6. The van der Waals surface area contributed by atoms with Crippen molar-refractivity contribution in [2.24, 2.45) is 13.0 Å². The van der Waals surface area contributed by atoms with E-state index in [1.807, 2.05) is 30.9 Å². The van der Waals surface area contributed by atoms with Crippen LogP contribution in [0.2, 0.25) is 0 Å². The number of benzene rings is 2. The molecule has 0 saturated carbocycles. The van der Waals surface area contributed by atoms with Gasteiger partial charge in [0.2, 0.25) is 0 Å². The van der Waals surface area contributed by atoms with Crippen LogP contribution in [0.1, 0.15) is 30.1 Å². The lowest BCUT2D eigenvalue weighted by atomic mass is 9.86. The molecule has 1 atom stereocenters. The molecule has 0 bridgehead atoms. The molecule has 0 spiro atoms. The van der Waals surface area contributed by atoms with Gasteiger partial charge in [-0.05, 0) is 49.4 Å². The third-order valence-corrected chi connectivity index (χ3v) is 7.77. The second kappa shape index (κ2) is 9.22. The van der Waals surface area contributed by atoms with Crippen LogP contribution >= 0.6 is 0 Å². The zero-order valence-electron chi connectivity index (χ0n) is 21.4. The molecule has 0 radical (unpaired) electrons. The summed E-state index contributed by atoms with van der Waals surface area (Å²) in [5.74, 6) is 0.421. The molecule has 38 heavy (non-hydrogen) atoms. The zero-order chi connectivity index (χ0) is 25.6. The first kappa shape index (κ1) is 22.9. The fourth-order valence-electron chi connectivity index (χ4n) is 6.03. The lowest BCUT2D eigenvalue weighted by molar-refractivity contribution is 0.0553. The highest BCUT2D eigenvalue weighted by Gasteiger charge is 2.30. The highest BCUT2D eigenvalue weighted by molar-refractivity contribution is 6.07. The lowest BCUT2D eigenvalue weighted by Crippen LogP contribution is -2.26. The SMILES string of the molecule is Cc1nnn(C)c1-c1cnc2c3ccc(-c4ccon4)cc3n([C@H](c3ccccc3)C3CCOCC3)c2c1. The van der Waals surface area contributed by atoms with Crippen LogP contribution < -0.4 is 0 Å². The summed E-state index contributed by atoms with van der Waals surface area (Å²) in [4.78, 5) is 5.03. The Balaban J connectivity index is 1.55. The number of aryl methyl sites for hydroxylation is 2. The minimum atomic E-state index is 0.121. The summed E-state index contributed by atoms with van der Waals surface area (Å²) in [5, 5.41) is 13.8. The van der Waals surface area contributed by atoms with Gasteiger partial charge >= 0.3 is 0 Å². The van der Waals surface area contributed by atoms with Gasteiger partial charge in [-0.15, -0.1) is 5.10 Å². The molecule has 0 N–H and O–H groups in total. The summed E-state index contributed by atoms with van der Waals surface area (Å²) in [6.45, 7) is 3.54. The van der Waals surface area contributed by atoms with Crippen molar-refractivity contribution in [2.45, 2.75) is 25.8 Å². The number of rotatable bonds is 5. The molecular formula is C30H28N6O2. The van der Waals surface area contributed by atoms with Crippen molar-refractivity contribution in [1.29, 1.82) is 0 Å². The Labute approximate surface area is 219 Å². The first-order chi connectivity index (χ1) is 18.7. The van der Waals surface area contributed by atoms with Crippen molar-refractivity contribution < 1.29 is 9.26 Å². The second-order valence-electron chi connectivity index (χ2n) is 10.0. The Morgan fingerprint density at radius 1 is 0.947 bits per heavy atom. The molecule has 1 aliphatic heterocycles. The Hall–Kier alpha value is -4.30. The second-order valence-corrected chi connectivity index (χ2v) is 10.0. The first-order valence-corrected chi connectivity index (χ1v) is 13.0. The average Bonchev–Trinajstić information content (AvgIpc) is 3.69. The Kier molecular flexibility index (Phi) is 5.55. The molecule has 8 heteroatoms. The molecule has 1 saturated heterocycles. The highest BCUT2D eigenvalue weighted by Crippen LogP contribution is 2.42. The maximum Gasteiger partial charge on any atom is 0.124 e. The molecule has 1 fully saturated rings. The summed E-state index contributed by atoms with van der Waals surface area (Å²) >= 11 is 0. The van der Waals surface area contributed by atoms with Gasteiger partial charge in [0.15, 0.2) is 0 Å². The van der Waals surface area contributed by atoms with Gasteiger partial charge in [0.05, 0.1) is 34.0 Å². The van der Waals surface area contributed by atoms with Crippen LogP contribution in [-0.2, 0) is 11.8 Å². The standard InChI is InChI=1S/C30H28N6O2/c1-19-29(35(2)34-32-19)23-17-27-28(31-18-23)24-9-8-22(25-12-15-38-33-25)16-26(24)36(27)30(20-6-4-3-5-7-20)21-10-13-37-14-11-21/h3-9,12,15-18,21,30H,10-11,13-14H2,1-2H3/t30-/m1/s1. The number of pyridine rings is 1. The van der Waals surface area contributed by atoms with E-state index in [0.717, 1.165) is 76.2 Å². The fourth-order valence-corrected chi connectivity index (χ4v) is 6.03. The monoisotopic (exact) mass is 504 g/mol. The molecule has 0 amide bonds. The molecule has 1 aliphatic rings. The molecular weight excluding hydrogens is 476 g/mol. The lowest BCUT2D eigenvalue weighted by Gasteiger charge is -2.33. The normalized spacial score (nSPS) is 15.4. The maximum absolute atomic E-state index is 5.78. The predicted octanol–water partition coefficient (Wildman–Crippen LogP) is 5.96. The molecule has 6 aromatic rings. The van der Waals surface area contributed by atoms with E-state index in [1.165, 1.54) is 5.56 Å². The van der Waals surface area contributed by atoms with E-state index < -0.39 is 0 Å². The minimum Gasteiger partial charge on any atom is -0.381 e. The molecule has 2 aromatic carbocycles.